The van der Waals surface area contributed by atoms with Gasteiger partial charge in [0.25, 0.3) is 5.82 Å². The summed E-state index contributed by atoms with van der Waals surface area (Å²) in [4.78, 5) is 17.1. The van der Waals surface area contributed by atoms with Gasteiger partial charge in [0.2, 0.25) is 5.91 Å². The van der Waals surface area contributed by atoms with Crippen molar-refractivity contribution in [3.05, 3.63) is 18.0 Å². The summed E-state index contributed by atoms with van der Waals surface area (Å²) in [6.45, 7) is 6.52. The Hall–Kier alpha value is -2.43. The Kier molecular flexibility index (Phi) is 6.82. The summed E-state index contributed by atoms with van der Waals surface area (Å²) >= 11 is 0. The molecule has 0 saturated carbocycles. The molecule has 176 valence electrons. The normalized spacial score (nSPS) is 19.6. The van der Waals surface area contributed by atoms with Crippen LogP contribution in [0.1, 0.15) is 51.3 Å². The van der Waals surface area contributed by atoms with E-state index in [2.05, 4.69) is 32.4 Å². The number of likely N-dealkylation sites (tertiary alicyclic amines) is 1. The number of nitrogens with zero attached hydrogens (tertiary/aromatic N) is 6. The first-order valence-corrected chi connectivity index (χ1v) is 11.4. The molecule has 11 heteroatoms. The van der Waals surface area contributed by atoms with Crippen LogP contribution in [0.5, 0.6) is 0 Å². The fourth-order valence-electron chi connectivity index (χ4n) is 4.50. The van der Waals surface area contributed by atoms with Crippen molar-refractivity contribution in [1.29, 1.82) is 0 Å². The number of halogens is 3. The number of nitrogens with one attached hydrogen (secondary N) is 1. The standard InChI is InChI=1S/C21H30F3N7O/c1-2-3-10-29-11-8-16(9-12-29)25-19(32)15-6-13-30(14-7-15)18-5-4-17-26-27-20(21(22,23)24)31(17)28-18/h4-5,15-16H,2-3,6-14H2,1H3,(H,25,32). The molecule has 2 aromatic heterocycles. The van der Waals surface area contributed by atoms with E-state index in [0.29, 0.717) is 31.7 Å². The zero-order valence-corrected chi connectivity index (χ0v) is 18.3. The fraction of sp³-hybridized carbons (Fsp3) is 0.714. The zero-order chi connectivity index (χ0) is 22.7. The molecule has 0 radical (unpaired) electrons. The third-order valence-electron chi connectivity index (χ3n) is 6.45. The van der Waals surface area contributed by atoms with Gasteiger partial charge < -0.3 is 15.1 Å². The van der Waals surface area contributed by atoms with E-state index in [4.69, 9.17) is 0 Å². The van der Waals surface area contributed by atoms with Gasteiger partial charge in [-0.3, -0.25) is 4.79 Å². The molecule has 0 bridgehead atoms. The maximum atomic E-state index is 13.1. The molecule has 0 aromatic carbocycles. The van der Waals surface area contributed by atoms with Crippen LogP contribution in [0.4, 0.5) is 19.0 Å². The van der Waals surface area contributed by atoms with Crippen molar-refractivity contribution in [3.8, 4) is 0 Å². The number of piperidine rings is 2. The van der Waals surface area contributed by atoms with Crippen LogP contribution in [0, 0.1) is 5.92 Å². The first kappa shape index (κ1) is 22.8. The second kappa shape index (κ2) is 9.60. The monoisotopic (exact) mass is 453 g/mol. The van der Waals surface area contributed by atoms with Gasteiger partial charge in [-0.25, -0.2) is 0 Å². The van der Waals surface area contributed by atoms with Gasteiger partial charge in [0, 0.05) is 38.1 Å². The van der Waals surface area contributed by atoms with Gasteiger partial charge in [-0.1, -0.05) is 13.3 Å². The summed E-state index contributed by atoms with van der Waals surface area (Å²) in [6, 6.07) is 3.37. The zero-order valence-electron chi connectivity index (χ0n) is 18.3. The predicted octanol–water partition coefficient (Wildman–Crippen LogP) is 2.74. The summed E-state index contributed by atoms with van der Waals surface area (Å²) in [5.41, 5.74) is 0.0519. The Labute approximate surface area is 185 Å². The second-order valence-electron chi connectivity index (χ2n) is 8.72. The van der Waals surface area contributed by atoms with E-state index in [-0.39, 0.29) is 23.5 Å². The van der Waals surface area contributed by atoms with Crippen molar-refractivity contribution in [1.82, 2.24) is 30.0 Å². The van der Waals surface area contributed by atoms with Crippen LogP contribution in [-0.4, -0.2) is 69.4 Å². The topological polar surface area (TPSA) is 78.7 Å². The number of hydrogen-bond acceptors (Lipinski definition) is 6. The highest BCUT2D eigenvalue weighted by atomic mass is 19.4. The average molecular weight is 454 g/mol. The van der Waals surface area contributed by atoms with Gasteiger partial charge in [-0.15, -0.1) is 15.3 Å². The third-order valence-corrected chi connectivity index (χ3v) is 6.45. The summed E-state index contributed by atoms with van der Waals surface area (Å²) in [7, 11) is 0. The largest absolute Gasteiger partial charge is 0.453 e. The lowest BCUT2D eigenvalue weighted by Crippen LogP contribution is -2.48. The number of carbonyl (C=O) groups excluding carboxylic acids is 1. The van der Waals surface area contributed by atoms with Crippen molar-refractivity contribution >= 4 is 17.4 Å². The van der Waals surface area contributed by atoms with Gasteiger partial charge in [0.05, 0.1) is 0 Å². The molecule has 8 nitrogen and oxygen atoms in total. The van der Waals surface area contributed by atoms with E-state index in [1.165, 1.54) is 18.9 Å². The van der Waals surface area contributed by atoms with E-state index >= 15 is 0 Å². The van der Waals surface area contributed by atoms with Crippen LogP contribution in [0.15, 0.2) is 12.1 Å². The van der Waals surface area contributed by atoms with Crippen LogP contribution in [0.25, 0.3) is 5.65 Å². The Morgan fingerprint density at radius 1 is 1.09 bits per heavy atom. The molecule has 2 aliphatic rings. The highest BCUT2D eigenvalue weighted by Gasteiger charge is 2.38. The van der Waals surface area contributed by atoms with Crippen molar-refractivity contribution in [2.75, 3.05) is 37.6 Å². The van der Waals surface area contributed by atoms with E-state index in [1.807, 2.05) is 4.90 Å². The molecule has 4 rings (SSSR count). The molecule has 0 spiro atoms. The summed E-state index contributed by atoms with van der Waals surface area (Å²) in [5.74, 6) is -0.683. The minimum absolute atomic E-state index is 0.0519. The summed E-state index contributed by atoms with van der Waals surface area (Å²) in [5, 5.41) is 14.1. The van der Waals surface area contributed by atoms with Crippen molar-refractivity contribution in [2.45, 2.75) is 57.7 Å². The molecule has 2 saturated heterocycles. The number of alkyl halides is 3. The van der Waals surface area contributed by atoms with Crippen LogP contribution in [-0.2, 0) is 11.0 Å². The quantitative estimate of drug-likeness (QED) is 0.725. The van der Waals surface area contributed by atoms with E-state index in [9.17, 15) is 18.0 Å². The van der Waals surface area contributed by atoms with Gasteiger partial charge >= 0.3 is 6.18 Å². The first-order chi connectivity index (χ1) is 15.3. The molecule has 0 unspecified atom stereocenters. The Balaban J connectivity index is 1.29. The lowest BCUT2D eigenvalue weighted by atomic mass is 9.94. The Bertz CT molecular complexity index is 916. The molecule has 0 aliphatic carbocycles. The van der Waals surface area contributed by atoms with Crippen LogP contribution in [0.3, 0.4) is 0 Å². The number of amides is 1. The lowest BCUT2D eigenvalue weighted by Gasteiger charge is -2.35. The predicted molar refractivity (Wildman–Crippen MR) is 113 cm³/mol. The van der Waals surface area contributed by atoms with Crippen LogP contribution >= 0.6 is 0 Å². The molecule has 4 heterocycles. The molecular weight excluding hydrogens is 423 g/mol. The van der Waals surface area contributed by atoms with E-state index in [1.54, 1.807) is 6.07 Å². The number of rotatable bonds is 6. The molecule has 2 fully saturated rings. The van der Waals surface area contributed by atoms with Gasteiger partial charge in [-0.05, 0) is 50.8 Å². The molecule has 1 amide bonds. The Morgan fingerprint density at radius 2 is 1.81 bits per heavy atom. The number of fused-ring (bicyclic) bond motifs is 1. The minimum atomic E-state index is -4.62. The molecule has 2 aliphatic heterocycles. The van der Waals surface area contributed by atoms with Crippen molar-refractivity contribution in [3.63, 3.8) is 0 Å². The maximum Gasteiger partial charge on any atom is 0.453 e. The minimum Gasteiger partial charge on any atom is -0.355 e. The fourth-order valence-corrected chi connectivity index (χ4v) is 4.50. The second-order valence-corrected chi connectivity index (χ2v) is 8.72. The number of aromatic nitrogens is 4. The lowest BCUT2D eigenvalue weighted by molar-refractivity contribution is -0.146. The molecule has 2 aromatic rings. The summed E-state index contributed by atoms with van der Waals surface area (Å²) in [6.07, 6.45) is 1.05. The summed E-state index contributed by atoms with van der Waals surface area (Å²) < 4.78 is 40.1. The highest BCUT2D eigenvalue weighted by molar-refractivity contribution is 5.79. The van der Waals surface area contributed by atoms with Gasteiger partial charge in [-0.2, -0.15) is 17.7 Å². The Morgan fingerprint density at radius 3 is 2.47 bits per heavy atom. The van der Waals surface area contributed by atoms with Crippen molar-refractivity contribution < 1.29 is 18.0 Å². The van der Waals surface area contributed by atoms with Crippen LogP contribution < -0.4 is 10.2 Å². The van der Waals surface area contributed by atoms with E-state index in [0.717, 1.165) is 37.0 Å². The van der Waals surface area contributed by atoms with Gasteiger partial charge in [0.15, 0.2) is 5.65 Å². The van der Waals surface area contributed by atoms with Crippen molar-refractivity contribution in [2.24, 2.45) is 5.92 Å². The van der Waals surface area contributed by atoms with Gasteiger partial charge in [0.1, 0.15) is 5.82 Å². The molecule has 1 N–H and O–H groups in total. The molecule has 0 atom stereocenters. The molecule has 32 heavy (non-hydrogen) atoms. The first-order valence-electron chi connectivity index (χ1n) is 11.4. The average Bonchev–Trinajstić information content (AvgIpc) is 3.22. The highest BCUT2D eigenvalue weighted by Crippen LogP contribution is 2.29. The maximum absolute atomic E-state index is 13.1. The smallest absolute Gasteiger partial charge is 0.355 e. The molecular formula is C21H30F3N7O. The van der Waals surface area contributed by atoms with Crippen LogP contribution in [0.2, 0.25) is 0 Å². The number of hydrogen-bond donors (Lipinski definition) is 1. The number of anilines is 1. The number of carbonyl (C=O) groups is 1. The van der Waals surface area contributed by atoms with E-state index < -0.39 is 12.0 Å². The third kappa shape index (κ3) is 5.13. The SMILES string of the molecule is CCCCN1CCC(NC(=O)C2CCN(c3ccc4nnc(C(F)(F)F)n4n3)CC2)CC1. The number of unbranched alkanes of at least 4 members (excludes halogenated alkanes) is 1.